The van der Waals surface area contributed by atoms with Crippen molar-refractivity contribution in [2.75, 3.05) is 11.4 Å². The molecule has 0 unspecified atom stereocenters. The maximum absolute atomic E-state index is 14.2. The van der Waals surface area contributed by atoms with Gasteiger partial charge in [-0.15, -0.1) is 11.6 Å². The molecule has 102 valence electrons. The third kappa shape index (κ3) is 3.28. The molecule has 0 fully saturated rings. The molecule has 0 saturated heterocycles. The summed E-state index contributed by atoms with van der Waals surface area (Å²) in [4.78, 5) is 1.80. The van der Waals surface area contributed by atoms with Crippen molar-refractivity contribution in [1.29, 1.82) is 5.26 Å². The maximum Gasteiger partial charge on any atom is 0.147 e. The number of rotatable bonds is 5. The van der Waals surface area contributed by atoms with E-state index in [4.69, 9.17) is 16.9 Å². The molecule has 20 heavy (non-hydrogen) atoms. The number of halogens is 2. The summed E-state index contributed by atoms with van der Waals surface area (Å²) in [5.41, 5.74) is 2.06. The Bertz CT molecular complexity index is 608. The van der Waals surface area contributed by atoms with Gasteiger partial charge in [-0.2, -0.15) is 5.26 Å². The van der Waals surface area contributed by atoms with E-state index < -0.39 is 0 Å². The standard InChI is InChI=1S/C16H14ClFN2/c17-12-13-7-8-16(15(18)11-13)20(10-4-9-19)14-5-2-1-3-6-14/h1-3,5-8,11H,4,10,12H2. The highest BCUT2D eigenvalue weighted by Crippen LogP contribution is 2.28. The number of hydrogen-bond donors (Lipinski definition) is 0. The van der Waals surface area contributed by atoms with Crippen LogP contribution in [0, 0.1) is 17.1 Å². The van der Waals surface area contributed by atoms with Crippen LogP contribution < -0.4 is 4.90 Å². The van der Waals surface area contributed by atoms with Gasteiger partial charge in [0.15, 0.2) is 0 Å². The largest absolute Gasteiger partial charge is 0.338 e. The van der Waals surface area contributed by atoms with Crippen LogP contribution in [-0.4, -0.2) is 6.54 Å². The molecular weight excluding hydrogens is 275 g/mol. The lowest BCUT2D eigenvalue weighted by atomic mass is 10.1. The Morgan fingerprint density at radius 3 is 2.50 bits per heavy atom. The lowest BCUT2D eigenvalue weighted by molar-refractivity contribution is 0.623. The van der Waals surface area contributed by atoms with Crippen molar-refractivity contribution in [2.24, 2.45) is 0 Å². The number of nitriles is 1. The molecule has 0 saturated carbocycles. The van der Waals surface area contributed by atoms with E-state index >= 15 is 0 Å². The molecule has 0 aliphatic rings. The predicted octanol–water partition coefficient (Wildman–Crippen LogP) is 4.62. The van der Waals surface area contributed by atoms with Crippen LogP contribution in [0.1, 0.15) is 12.0 Å². The van der Waals surface area contributed by atoms with Gasteiger partial charge < -0.3 is 4.90 Å². The molecule has 0 radical (unpaired) electrons. The van der Waals surface area contributed by atoms with E-state index in [0.29, 0.717) is 18.7 Å². The molecule has 0 spiro atoms. The molecule has 0 atom stereocenters. The van der Waals surface area contributed by atoms with Gasteiger partial charge in [-0.3, -0.25) is 0 Å². The molecule has 0 heterocycles. The average molecular weight is 289 g/mol. The van der Waals surface area contributed by atoms with Crippen molar-refractivity contribution in [2.45, 2.75) is 12.3 Å². The highest BCUT2D eigenvalue weighted by atomic mass is 35.5. The first-order valence-electron chi connectivity index (χ1n) is 6.30. The molecule has 0 aliphatic heterocycles. The van der Waals surface area contributed by atoms with Gasteiger partial charge in [0.1, 0.15) is 5.82 Å². The molecule has 0 bridgehead atoms. The predicted molar refractivity (Wildman–Crippen MR) is 79.6 cm³/mol. The second kappa shape index (κ2) is 6.93. The number of para-hydroxylation sites is 1. The minimum atomic E-state index is -0.329. The van der Waals surface area contributed by atoms with E-state index in [1.165, 1.54) is 6.07 Å². The van der Waals surface area contributed by atoms with Crippen LogP contribution in [0.3, 0.4) is 0 Å². The lowest BCUT2D eigenvalue weighted by Gasteiger charge is -2.24. The third-order valence-corrected chi connectivity index (χ3v) is 3.28. The fourth-order valence-corrected chi connectivity index (χ4v) is 2.18. The molecule has 4 heteroatoms. The number of anilines is 2. The van der Waals surface area contributed by atoms with E-state index in [1.54, 1.807) is 17.0 Å². The van der Waals surface area contributed by atoms with Crippen LogP contribution in [-0.2, 0) is 5.88 Å². The topological polar surface area (TPSA) is 27.0 Å². The van der Waals surface area contributed by atoms with Crippen molar-refractivity contribution in [3.63, 3.8) is 0 Å². The molecule has 2 aromatic carbocycles. The Morgan fingerprint density at radius 1 is 1.15 bits per heavy atom. The Morgan fingerprint density at radius 2 is 1.90 bits per heavy atom. The zero-order chi connectivity index (χ0) is 14.4. The van der Waals surface area contributed by atoms with Crippen molar-refractivity contribution < 1.29 is 4.39 Å². The Labute approximate surface area is 123 Å². The first-order chi connectivity index (χ1) is 9.76. The average Bonchev–Trinajstić information content (AvgIpc) is 2.50. The summed E-state index contributed by atoms with van der Waals surface area (Å²) in [5, 5.41) is 8.77. The summed E-state index contributed by atoms with van der Waals surface area (Å²) in [7, 11) is 0. The summed E-state index contributed by atoms with van der Waals surface area (Å²) in [5.74, 6) is -0.0503. The van der Waals surface area contributed by atoms with Crippen LogP contribution in [0.5, 0.6) is 0 Å². The Hall–Kier alpha value is -2.05. The van der Waals surface area contributed by atoms with E-state index in [-0.39, 0.29) is 11.7 Å². The van der Waals surface area contributed by atoms with Gasteiger partial charge in [-0.05, 0) is 29.8 Å². The zero-order valence-corrected chi connectivity index (χ0v) is 11.6. The first-order valence-corrected chi connectivity index (χ1v) is 6.83. The van der Waals surface area contributed by atoms with Gasteiger partial charge in [0.25, 0.3) is 0 Å². The minimum absolute atomic E-state index is 0.279. The molecule has 0 amide bonds. The van der Waals surface area contributed by atoms with Crippen molar-refractivity contribution >= 4 is 23.0 Å². The SMILES string of the molecule is N#CCCN(c1ccccc1)c1ccc(CCl)cc1F. The van der Waals surface area contributed by atoms with Crippen molar-refractivity contribution in [1.82, 2.24) is 0 Å². The molecule has 0 aromatic heterocycles. The number of alkyl halides is 1. The summed E-state index contributed by atoms with van der Waals surface area (Å²) in [6.07, 6.45) is 0.325. The van der Waals surface area contributed by atoms with E-state index in [0.717, 1.165) is 11.3 Å². The number of nitrogens with zero attached hydrogens (tertiary/aromatic N) is 2. The van der Waals surface area contributed by atoms with Gasteiger partial charge >= 0.3 is 0 Å². The fourth-order valence-electron chi connectivity index (χ4n) is 2.01. The highest BCUT2D eigenvalue weighted by molar-refractivity contribution is 6.17. The van der Waals surface area contributed by atoms with Gasteiger partial charge in [0, 0.05) is 18.1 Å². The summed E-state index contributed by atoms with van der Waals surface area (Å²) < 4.78 is 14.2. The molecule has 2 aromatic rings. The van der Waals surface area contributed by atoms with Crippen LogP contribution in [0.15, 0.2) is 48.5 Å². The van der Waals surface area contributed by atoms with Crippen molar-refractivity contribution in [3.05, 3.63) is 59.9 Å². The normalized spacial score (nSPS) is 10.1. The monoisotopic (exact) mass is 288 g/mol. The van der Waals surface area contributed by atoms with E-state index in [1.807, 2.05) is 30.3 Å². The first kappa shape index (κ1) is 14.4. The number of benzene rings is 2. The van der Waals surface area contributed by atoms with Crippen LogP contribution >= 0.6 is 11.6 Å². The third-order valence-electron chi connectivity index (χ3n) is 2.97. The number of hydrogen-bond acceptors (Lipinski definition) is 2. The lowest BCUT2D eigenvalue weighted by Crippen LogP contribution is -2.19. The van der Waals surface area contributed by atoms with Crippen molar-refractivity contribution in [3.8, 4) is 6.07 Å². The fraction of sp³-hybridized carbons (Fsp3) is 0.188. The van der Waals surface area contributed by atoms with Gasteiger partial charge in [0.2, 0.25) is 0 Å². The van der Waals surface area contributed by atoms with Crippen LogP contribution in [0.2, 0.25) is 0 Å². The summed E-state index contributed by atoms with van der Waals surface area (Å²) in [6, 6.07) is 16.5. The highest BCUT2D eigenvalue weighted by Gasteiger charge is 2.13. The molecular formula is C16H14ClFN2. The van der Waals surface area contributed by atoms with Gasteiger partial charge in [0.05, 0.1) is 18.2 Å². The quantitative estimate of drug-likeness (QED) is 0.751. The van der Waals surface area contributed by atoms with Crippen LogP contribution in [0.25, 0.3) is 0 Å². The van der Waals surface area contributed by atoms with Gasteiger partial charge in [-0.25, -0.2) is 4.39 Å². The maximum atomic E-state index is 14.2. The summed E-state index contributed by atoms with van der Waals surface area (Å²) in [6.45, 7) is 0.442. The smallest absolute Gasteiger partial charge is 0.147 e. The van der Waals surface area contributed by atoms with E-state index in [9.17, 15) is 4.39 Å². The minimum Gasteiger partial charge on any atom is -0.338 e. The second-order valence-electron chi connectivity index (χ2n) is 4.31. The molecule has 2 nitrogen and oxygen atoms in total. The molecule has 0 aliphatic carbocycles. The van der Waals surface area contributed by atoms with Gasteiger partial charge in [-0.1, -0.05) is 24.3 Å². The summed E-state index contributed by atoms with van der Waals surface area (Å²) >= 11 is 5.71. The second-order valence-corrected chi connectivity index (χ2v) is 4.58. The Balaban J connectivity index is 2.39. The van der Waals surface area contributed by atoms with E-state index in [2.05, 4.69) is 6.07 Å². The zero-order valence-electron chi connectivity index (χ0n) is 10.9. The van der Waals surface area contributed by atoms with Crippen LogP contribution in [0.4, 0.5) is 15.8 Å². The molecule has 2 rings (SSSR count). The Kier molecular flexibility index (Phi) is 4.97. The molecule has 0 N–H and O–H groups in total.